The van der Waals surface area contributed by atoms with Crippen molar-refractivity contribution in [2.45, 2.75) is 105 Å². The van der Waals surface area contributed by atoms with Crippen LogP contribution in [-0.2, 0) is 0 Å². The second kappa shape index (κ2) is 6.72. The van der Waals surface area contributed by atoms with Crippen LogP contribution >= 0.6 is 0 Å². The van der Waals surface area contributed by atoms with Crippen LogP contribution < -0.4 is 0 Å². The molecule has 2 nitrogen and oxygen atoms in total. The lowest BCUT2D eigenvalue weighted by Gasteiger charge is -2.68. The van der Waals surface area contributed by atoms with E-state index in [0.29, 0.717) is 29.8 Å². The zero-order valence-electron chi connectivity index (χ0n) is 20.9. The molecule has 0 amide bonds. The lowest BCUT2D eigenvalue weighted by atomic mass is 9.37. The molecule has 0 saturated heterocycles. The first kappa shape index (κ1) is 22.2. The fraction of sp³-hybridized carbons (Fsp3) is 0.862. The highest BCUT2D eigenvalue weighted by molar-refractivity contribution is 5.47. The second-order valence-electron chi connectivity index (χ2n) is 14.0. The number of hydrogen-bond donors (Lipinski definition) is 2. The van der Waals surface area contributed by atoms with E-state index in [1.54, 1.807) is 11.1 Å². The Bertz CT molecular complexity index is 823. The quantitative estimate of drug-likeness (QED) is 0.491. The number of fused-ring (bicyclic) bond motifs is 7. The van der Waals surface area contributed by atoms with E-state index < -0.39 is 0 Å². The normalized spacial score (nSPS) is 53.3. The van der Waals surface area contributed by atoms with Crippen LogP contribution in [0, 0.1) is 44.8 Å². The maximum absolute atomic E-state index is 10.7. The van der Waals surface area contributed by atoms with E-state index in [4.69, 9.17) is 0 Å². The highest BCUT2D eigenvalue weighted by Gasteiger charge is 2.64. The van der Waals surface area contributed by atoms with Gasteiger partial charge in [0.1, 0.15) is 0 Å². The lowest BCUT2D eigenvalue weighted by Crippen LogP contribution is -2.60. The minimum absolute atomic E-state index is 0.00485. The van der Waals surface area contributed by atoms with Crippen LogP contribution in [0.3, 0.4) is 0 Å². The molecule has 0 bridgehead atoms. The Morgan fingerprint density at radius 2 is 1.65 bits per heavy atom. The fourth-order valence-corrected chi connectivity index (χ4v) is 9.26. The van der Waals surface area contributed by atoms with Gasteiger partial charge < -0.3 is 10.2 Å². The van der Waals surface area contributed by atoms with Crippen molar-refractivity contribution in [3.05, 3.63) is 23.3 Å². The minimum Gasteiger partial charge on any atom is -0.396 e. The molecule has 2 N–H and O–H groups in total. The van der Waals surface area contributed by atoms with E-state index in [2.05, 4.69) is 53.7 Å². The molecule has 0 heterocycles. The Labute approximate surface area is 190 Å². The van der Waals surface area contributed by atoms with E-state index in [9.17, 15) is 10.2 Å². The van der Waals surface area contributed by atoms with Gasteiger partial charge in [0.05, 0.1) is 6.10 Å². The molecule has 5 rings (SSSR count). The molecular formula is C29H46O2. The summed E-state index contributed by atoms with van der Waals surface area (Å²) in [6.45, 7) is 15.0. The molecule has 3 saturated carbocycles. The number of aliphatic hydroxyl groups is 2. The lowest BCUT2D eigenvalue weighted by molar-refractivity contribution is -0.147. The molecule has 5 aliphatic rings. The smallest absolute Gasteiger partial charge is 0.0594 e. The van der Waals surface area contributed by atoms with Crippen LogP contribution in [0.2, 0.25) is 0 Å². The first-order chi connectivity index (χ1) is 14.4. The number of rotatable bonds is 1. The van der Waals surface area contributed by atoms with Gasteiger partial charge in [-0.25, -0.2) is 0 Å². The van der Waals surface area contributed by atoms with E-state index in [1.165, 1.54) is 38.5 Å². The summed E-state index contributed by atoms with van der Waals surface area (Å²) < 4.78 is 0. The monoisotopic (exact) mass is 426 g/mol. The van der Waals surface area contributed by atoms with E-state index in [1.807, 2.05) is 0 Å². The summed E-state index contributed by atoms with van der Waals surface area (Å²) in [7, 11) is 0. The van der Waals surface area contributed by atoms with Crippen molar-refractivity contribution < 1.29 is 10.2 Å². The maximum atomic E-state index is 10.7. The molecule has 0 aliphatic heterocycles. The molecule has 31 heavy (non-hydrogen) atoms. The molecule has 3 fully saturated rings. The SMILES string of the molecule is CC1(C)[C@H](O)CC[C@H]2C3=CC[C@@]4(C)[C@@H]5C[C@](C)(CO)CC[C@]5(C)CC[C@]4(C)C3=CC[C@H]21. The standard InChI is InChI=1S/C29H46O2/c1-25(2)21-8-9-22-20(19(21)7-10-24(25)31)11-12-29(6)23-17-26(3,18-30)13-14-27(23,4)15-16-28(22,29)5/h9,11,19,21,23-24,30-31H,7-8,10,12-18H2,1-6H3/t19-,21+,23+,24+,26+,27+,28+,29-/m0/s1. The summed E-state index contributed by atoms with van der Waals surface area (Å²) >= 11 is 0. The van der Waals surface area contributed by atoms with Gasteiger partial charge in [0.25, 0.3) is 0 Å². The summed E-state index contributed by atoms with van der Waals surface area (Å²) in [6, 6.07) is 0. The molecule has 5 aliphatic carbocycles. The van der Waals surface area contributed by atoms with Gasteiger partial charge in [-0.2, -0.15) is 0 Å². The summed E-state index contributed by atoms with van der Waals surface area (Å²) in [5.41, 5.74) is 4.34. The van der Waals surface area contributed by atoms with Crippen LogP contribution in [0.1, 0.15) is 99.3 Å². The molecule has 174 valence electrons. The number of allylic oxidation sites excluding steroid dienone is 4. The first-order valence-corrected chi connectivity index (χ1v) is 13.1. The maximum Gasteiger partial charge on any atom is 0.0594 e. The fourth-order valence-electron chi connectivity index (χ4n) is 9.26. The summed E-state index contributed by atoms with van der Waals surface area (Å²) in [4.78, 5) is 0. The Hall–Kier alpha value is -0.600. The third-order valence-electron chi connectivity index (χ3n) is 12.1. The molecule has 0 spiro atoms. The van der Waals surface area contributed by atoms with Crippen molar-refractivity contribution in [2.75, 3.05) is 6.61 Å². The summed E-state index contributed by atoms with van der Waals surface area (Å²) in [5, 5.41) is 20.9. The first-order valence-electron chi connectivity index (χ1n) is 13.1. The van der Waals surface area contributed by atoms with Crippen LogP contribution in [0.15, 0.2) is 23.3 Å². The molecule has 8 atom stereocenters. The van der Waals surface area contributed by atoms with E-state index in [0.717, 1.165) is 19.3 Å². The number of aliphatic hydroxyl groups excluding tert-OH is 2. The summed E-state index contributed by atoms with van der Waals surface area (Å²) in [5.74, 6) is 1.87. The van der Waals surface area contributed by atoms with E-state index in [-0.39, 0.29) is 27.8 Å². The van der Waals surface area contributed by atoms with Gasteiger partial charge in [0, 0.05) is 6.61 Å². The van der Waals surface area contributed by atoms with Crippen molar-refractivity contribution in [3.63, 3.8) is 0 Å². The van der Waals surface area contributed by atoms with Gasteiger partial charge in [-0.15, -0.1) is 0 Å². The molecule has 0 radical (unpaired) electrons. The van der Waals surface area contributed by atoms with Crippen molar-refractivity contribution in [1.29, 1.82) is 0 Å². The Balaban J connectivity index is 1.56. The molecular weight excluding hydrogens is 380 g/mol. The largest absolute Gasteiger partial charge is 0.396 e. The zero-order valence-corrected chi connectivity index (χ0v) is 20.9. The van der Waals surface area contributed by atoms with E-state index >= 15 is 0 Å². The summed E-state index contributed by atoms with van der Waals surface area (Å²) in [6.07, 6.45) is 15.8. The Morgan fingerprint density at radius 1 is 0.935 bits per heavy atom. The Morgan fingerprint density at radius 3 is 2.35 bits per heavy atom. The number of hydrogen-bond acceptors (Lipinski definition) is 2. The third kappa shape index (κ3) is 2.82. The van der Waals surface area contributed by atoms with Gasteiger partial charge in [-0.3, -0.25) is 0 Å². The Kier molecular flexibility index (Phi) is 4.81. The van der Waals surface area contributed by atoms with Crippen LogP contribution in [-0.4, -0.2) is 22.9 Å². The minimum atomic E-state index is -0.164. The van der Waals surface area contributed by atoms with Gasteiger partial charge in [-0.1, -0.05) is 53.7 Å². The van der Waals surface area contributed by atoms with Gasteiger partial charge in [0.2, 0.25) is 0 Å². The predicted octanol–water partition coefficient (Wildman–Crippen LogP) is 6.67. The molecule has 0 aromatic rings. The average molecular weight is 427 g/mol. The third-order valence-corrected chi connectivity index (χ3v) is 12.1. The van der Waals surface area contributed by atoms with Gasteiger partial charge in [0.15, 0.2) is 0 Å². The van der Waals surface area contributed by atoms with Crippen molar-refractivity contribution >= 4 is 0 Å². The van der Waals surface area contributed by atoms with Crippen molar-refractivity contribution in [2.24, 2.45) is 44.8 Å². The van der Waals surface area contributed by atoms with Gasteiger partial charge >= 0.3 is 0 Å². The highest BCUT2D eigenvalue weighted by atomic mass is 16.3. The predicted molar refractivity (Wildman–Crippen MR) is 127 cm³/mol. The molecule has 0 unspecified atom stereocenters. The van der Waals surface area contributed by atoms with Crippen molar-refractivity contribution in [3.8, 4) is 0 Å². The van der Waals surface area contributed by atoms with Crippen LogP contribution in [0.5, 0.6) is 0 Å². The highest BCUT2D eigenvalue weighted by Crippen LogP contribution is 2.73. The van der Waals surface area contributed by atoms with Crippen LogP contribution in [0.25, 0.3) is 0 Å². The second-order valence-corrected chi connectivity index (χ2v) is 14.0. The average Bonchev–Trinajstić information content (AvgIpc) is 2.73. The molecule has 0 aromatic carbocycles. The zero-order chi connectivity index (χ0) is 22.4. The van der Waals surface area contributed by atoms with Crippen LogP contribution in [0.4, 0.5) is 0 Å². The van der Waals surface area contributed by atoms with Crippen molar-refractivity contribution in [1.82, 2.24) is 0 Å². The van der Waals surface area contributed by atoms with Gasteiger partial charge in [-0.05, 0) is 114 Å². The molecule has 0 aromatic heterocycles. The topological polar surface area (TPSA) is 40.5 Å². The molecule has 2 heteroatoms.